The van der Waals surface area contributed by atoms with Crippen molar-refractivity contribution in [2.24, 2.45) is 0 Å². The number of pyridine rings is 3. The van der Waals surface area contributed by atoms with Crippen LogP contribution in [0.3, 0.4) is 0 Å². The number of benzene rings is 2. The van der Waals surface area contributed by atoms with Crippen molar-refractivity contribution >= 4 is 22.1 Å². The van der Waals surface area contributed by atoms with Crippen LogP contribution in [-0.2, 0) is 20.1 Å². The maximum absolute atomic E-state index is 5.90. The number of aryl methyl sites for hydroxylation is 1. The fraction of sp³-hybridized carbons (Fsp3) is 0.0357. The largest absolute Gasteiger partial charge is 0.499 e. The zero-order valence-corrected chi connectivity index (χ0v) is 20.2. The molecule has 4 heterocycles. The van der Waals surface area contributed by atoms with Crippen LogP contribution >= 0.6 is 0 Å². The van der Waals surface area contributed by atoms with Gasteiger partial charge in [-0.1, -0.05) is 29.8 Å². The third kappa shape index (κ3) is 4.90. The van der Waals surface area contributed by atoms with Crippen LogP contribution in [0, 0.1) is 19.1 Å². The van der Waals surface area contributed by atoms with Crippen molar-refractivity contribution < 1.29 is 24.5 Å². The van der Waals surface area contributed by atoms with Crippen molar-refractivity contribution in [3.8, 4) is 22.5 Å². The van der Waals surface area contributed by atoms with Gasteiger partial charge in [0.25, 0.3) is 0 Å². The molecule has 0 saturated carbocycles. The fourth-order valence-electron chi connectivity index (χ4n) is 3.44. The molecule has 0 aliphatic rings. The van der Waals surface area contributed by atoms with E-state index in [2.05, 4.69) is 33.2 Å². The van der Waals surface area contributed by atoms with E-state index in [1.807, 2.05) is 85.9 Å². The molecule has 0 bridgehead atoms. The Balaban J connectivity index is 0.000000164. The van der Waals surface area contributed by atoms with Crippen LogP contribution in [0.4, 0.5) is 0 Å². The first kappa shape index (κ1) is 22.5. The molecule has 6 rings (SSSR count). The summed E-state index contributed by atoms with van der Waals surface area (Å²) in [7, 11) is 0. The Morgan fingerprint density at radius 2 is 1.61 bits per heavy atom. The summed E-state index contributed by atoms with van der Waals surface area (Å²) in [4.78, 5) is 13.1. The molecular formula is C28H19IrN3O-2. The summed E-state index contributed by atoms with van der Waals surface area (Å²) in [5.41, 5.74) is 7.38. The number of rotatable bonds is 2. The normalized spacial score (nSPS) is 10.3. The van der Waals surface area contributed by atoms with Crippen molar-refractivity contribution in [1.82, 2.24) is 15.0 Å². The number of nitrogens with zero attached hydrogens (tertiary/aromatic N) is 3. The molecule has 163 valence electrons. The minimum absolute atomic E-state index is 0. The van der Waals surface area contributed by atoms with Crippen LogP contribution in [0.2, 0.25) is 0 Å². The fourth-order valence-corrected chi connectivity index (χ4v) is 3.44. The molecule has 0 saturated heterocycles. The topological polar surface area (TPSA) is 51.8 Å². The summed E-state index contributed by atoms with van der Waals surface area (Å²) >= 11 is 0. The van der Waals surface area contributed by atoms with E-state index in [-0.39, 0.29) is 20.1 Å². The van der Waals surface area contributed by atoms with Gasteiger partial charge in [0.1, 0.15) is 5.58 Å². The summed E-state index contributed by atoms with van der Waals surface area (Å²) in [5.74, 6) is 0. The molecule has 5 heteroatoms. The third-order valence-corrected chi connectivity index (χ3v) is 5.00. The van der Waals surface area contributed by atoms with E-state index in [0.29, 0.717) is 0 Å². The van der Waals surface area contributed by atoms with E-state index >= 15 is 0 Å². The Hall–Kier alpha value is -3.66. The minimum atomic E-state index is 0. The van der Waals surface area contributed by atoms with E-state index in [1.54, 1.807) is 12.4 Å². The summed E-state index contributed by atoms with van der Waals surface area (Å²) in [6, 6.07) is 31.7. The van der Waals surface area contributed by atoms with E-state index in [4.69, 9.17) is 4.42 Å². The molecule has 6 aromatic rings. The van der Waals surface area contributed by atoms with Gasteiger partial charge in [-0.3, -0.25) is 4.98 Å². The van der Waals surface area contributed by atoms with Gasteiger partial charge in [-0.05, 0) is 47.5 Å². The summed E-state index contributed by atoms with van der Waals surface area (Å²) in [5, 5.41) is 0.995. The van der Waals surface area contributed by atoms with Gasteiger partial charge in [0.05, 0.1) is 11.1 Å². The van der Waals surface area contributed by atoms with Crippen LogP contribution in [0.1, 0.15) is 5.56 Å². The van der Waals surface area contributed by atoms with Crippen LogP contribution in [0.15, 0.2) is 102 Å². The van der Waals surface area contributed by atoms with Gasteiger partial charge in [0.15, 0.2) is 0 Å². The molecular weight excluding hydrogens is 587 g/mol. The average Bonchev–Trinajstić information content (AvgIpc) is 3.25. The molecule has 0 unspecified atom stereocenters. The Morgan fingerprint density at radius 3 is 2.36 bits per heavy atom. The van der Waals surface area contributed by atoms with E-state index in [0.717, 1.165) is 44.6 Å². The molecule has 0 amide bonds. The van der Waals surface area contributed by atoms with Crippen molar-refractivity contribution in [3.05, 3.63) is 115 Å². The number of furan rings is 1. The molecule has 4 nitrogen and oxygen atoms in total. The van der Waals surface area contributed by atoms with E-state index in [1.165, 1.54) is 5.56 Å². The smallest absolute Gasteiger partial charge is 0.139 e. The number of aromatic nitrogens is 3. The first-order chi connectivity index (χ1) is 15.8. The number of fused-ring (bicyclic) bond motifs is 3. The van der Waals surface area contributed by atoms with Gasteiger partial charge in [-0.2, -0.15) is 0 Å². The van der Waals surface area contributed by atoms with E-state index < -0.39 is 0 Å². The first-order valence-electron chi connectivity index (χ1n) is 10.3. The predicted molar refractivity (Wildman–Crippen MR) is 127 cm³/mol. The number of hydrogen-bond donors (Lipinski definition) is 0. The summed E-state index contributed by atoms with van der Waals surface area (Å²) < 4.78 is 5.90. The van der Waals surface area contributed by atoms with Crippen molar-refractivity contribution in [2.45, 2.75) is 6.92 Å². The SMILES string of the molecule is Cc1ccc(-c2[c-]cccc2)nc1.[Ir].[c-]1ccc2c(oc3cccnc32)c1-c1ccccn1. The van der Waals surface area contributed by atoms with Crippen LogP contribution in [0.25, 0.3) is 44.6 Å². The third-order valence-electron chi connectivity index (χ3n) is 5.00. The van der Waals surface area contributed by atoms with Crippen molar-refractivity contribution in [2.75, 3.05) is 0 Å². The molecule has 0 N–H and O–H groups in total. The van der Waals surface area contributed by atoms with Crippen LogP contribution in [0.5, 0.6) is 0 Å². The summed E-state index contributed by atoms with van der Waals surface area (Å²) in [6.45, 7) is 2.03. The second-order valence-corrected chi connectivity index (χ2v) is 7.26. The standard InChI is InChI=1S/C16H9N2O.C12H10N.Ir/c1-2-9-17-13(7-1)11-5-3-6-12-15-14(19-16(11)12)8-4-10-18-15;1-10-7-8-12(13-9-10)11-5-3-2-4-6-11;/h1-4,6-10H;2-5,7-9H,1H3;/q2*-1;. The second kappa shape index (κ2) is 10.3. The predicted octanol–water partition coefficient (Wildman–Crippen LogP) is 6.70. The molecule has 2 aromatic carbocycles. The van der Waals surface area contributed by atoms with Gasteiger partial charge < -0.3 is 14.4 Å². The molecule has 33 heavy (non-hydrogen) atoms. The number of hydrogen-bond acceptors (Lipinski definition) is 4. The van der Waals surface area contributed by atoms with Crippen molar-refractivity contribution in [3.63, 3.8) is 0 Å². The Kier molecular flexibility index (Phi) is 7.04. The Bertz CT molecular complexity index is 1460. The zero-order chi connectivity index (χ0) is 21.8. The molecule has 0 aliphatic heterocycles. The maximum atomic E-state index is 5.90. The second-order valence-electron chi connectivity index (χ2n) is 7.26. The molecule has 4 aromatic heterocycles. The quantitative estimate of drug-likeness (QED) is 0.206. The Labute approximate surface area is 205 Å². The van der Waals surface area contributed by atoms with Gasteiger partial charge in [0.2, 0.25) is 0 Å². The average molecular weight is 606 g/mol. The molecule has 0 fully saturated rings. The summed E-state index contributed by atoms with van der Waals surface area (Å²) in [6.07, 6.45) is 5.41. The van der Waals surface area contributed by atoms with E-state index in [9.17, 15) is 0 Å². The van der Waals surface area contributed by atoms with Crippen LogP contribution in [-0.4, -0.2) is 15.0 Å². The van der Waals surface area contributed by atoms with Crippen molar-refractivity contribution in [1.29, 1.82) is 0 Å². The molecule has 1 radical (unpaired) electrons. The van der Waals surface area contributed by atoms with Gasteiger partial charge >= 0.3 is 0 Å². The zero-order valence-electron chi connectivity index (χ0n) is 17.8. The minimum Gasteiger partial charge on any atom is -0.499 e. The molecule has 0 aliphatic carbocycles. The van der Waals surface area contributed by atoms with Gasteiger partial charge in [-0.25, -0.2) is 0 Å². The maximum Gasteiger partial charge on any atom is 0.139 e. The molecule has 0 spiro atoms. The van der Waals surface area contributed by atoms with Gasteiger partial charge in [0, 0.05) is 38.7 Å². The van der Waals surface area contributed by atoms with Crippen LogP contribution < -0.4 is 0 Å². The molecule has 0 atom stereocenters. The monoisotopic (exact) mass is 606 g/mol. The first-order valence-corrected chi connectivity index (χ1v) is 10.3. The Morgan fingerprint density at radius 1 is 0.727 bits per heavy atom. The van der Waals surface area contributed by atoms with Gasteiger partial charge in [-0.15, -0.1) is 54.1 Å².